The average molecular weight is 416 g/mol. The van der Waals surface area contributed by atoms with Gasteiger partial charge < -0.3 is 37.1 Å². The third-order valence-electron chi connectivity index (χ3n) is 4.71. The average Bonchev–Trinajstić information content (AvgIpc) is 2.73. The van der Waals surface area contributed by atoms with Crippen LogP contribution in [0.15, 0.2) is 90.7 Å². The fourth-order valence-electron chi connectivity index (χ4n) is 3.16. The maximum Gasteiger partial charge on any atom is 0.275 e. The molecular formula is C24H24N4O3. The molecule has 0 amide bonds. The molecule has 3 aromatic rings. The van der Waals surface area contributed by atoms with Crippen LogP contribution in [-0.2, 0) is 0 Å². The number of nitrogens with two attached hydrogens (primary N) is 4. The van der Waals surface area contributed by atoms with E-state index in [1.807, 2.05) is 24.3 Å². The normalized spacial score (nSPS) is 17.6. The molecule has 8 N–H and O–H groups in total. The summed E-state index contributed by atoms with van der Waals surface area (Å²) in [5.41, 5.74) is 25.8. The molecule has 7 nitrogen and oxygen atoms in total. The Hall–Kier alpha value is -4.26. The number of ether oxygens (including phenoxy) is 3. The van der Waals surface area contributed by atoms with Gasteiger partial charge >= 0.3 is 0 Å². The summed E-state index contributed by atoms with van der Waals surface area (Å²) in [6, 6.07) is 19.6. The number of allylic oxidation sites excluding steroid dienone is 1. The minimum Gasteiger partial charge on any atom is -0.458 e. The molecule has 1 unspecified atom stereocenters. The van der Waals surface area contributed by atoms with E-state index < -0.39 is 5.79 Å². The molecule has 0 aliphatic heterocycles. The minimum absolute atomic E-state index is 0.345. The summed E-state index contributed by atoms with van der Waals surface area (Å²) in [4.78, 5) is 0. The molecule has 0 saturated carbocycles. The van der Waals surface area contributed by atoms with Crippen molar-refractivity contribution in [2.45, 2.75) is 12.2 Å². The van der Waals surface area contributed by atoms with Gasteiger partial charge in [0.05, 0.1) is 17.8 Å². The standard InChI is InChI=1S/C24H24N4O3/c25-16-4-1-6-19(14-16)29-18-10-12-24(13-11-18,30-20-7-2-5-17(26)15-20)31-22-9-3-8-21(27)23(22)28/h1-12,14-15H,13,25-28H2. The van der Waals surface area contributed by atoms with Gasteiger partial charge in [0, 0.05) is 29.6 Å². The molecule has 31 heavy (non-hydrogen) atoms. The summed E-state index contributed by atoms with van der Waals surface area (Å²) < 4.78 is 18.4. The molecule has 0 saturated heterocycles. The highest BCUT2D eigenvalue weighted by molar-refractivity contribution is 5.70. The second-order valence-corrected chi connectivity index (χ2v) is 7.17. The van der Waals surface area contributed by atoms with Crippen LogP contribution >= 0.6 is 0 Å². The van der Waals surface area contributed by atoms with Crippen LogP contribution in [0.1, 0.15) is 6.42 Å². The lowest BCUT2D eigenvalue weighted by molar-refractivity contribution is -0.0691. The van der Waals surface area contributed by atoms with Crippen LogP contribution in [0.2, 0.25) is 0 Å². The number of nitrogen functional groups attached to an aromatic ring is 4. The highest BCUT2D eigenvalue weighted by Gasteiger charge is 2.35. The Morgan fingerprint density at radius 2 is 1.42 bits per heavy atom. The van der Waals surface area contributed by atoms with Gasteiger partial charge in [-0.3, -0.25) is 0 Å². The maximum absolute atomic E-state index is 6.24. The molecule has 158 valence electrons. The van der Waals surface area contributed by atoms with Crippen molar-refractivity contribution in [3.63, 3.8) is 0 Å². The van der Waals surface area contributed by atoms with Crippen molar-refractivity contribution in [1.29, 1.82) is 0 Å². The first-order valence-electron chi connectivity index (χ1n) is 9.73. The molecule has 0 aromatic heterocycles. The molecule has 4 rings (SSSR count). The Morgan fingerprint density at radius 3 is 2.10 bits per heavy atom. The number of anilines is 4. The number of hydrogen-bond donors (Lipinski definition) is 4. The quantitative estimate of drug-likeness (QED) is 0.351. The summed E-state index contributed by atoms with van der Waals surface area (Å²) in [6.45, 7) is 0. The molecule has 0 radical (unpaired) electrons. The van der Waals surface area contributed by atoms with Crippen molar-refractivity contribution >= 4 is 22.7 Å². The summed E-state index contributed by atoms with van der Waals surface area (Å²) in [5, 5.41) is 0. The highest BCUT2D eigenvalue weighted by atomic mass is 16.7. The molecule has 0 heterocycles. The first kappa shape index (κ1) is 20.0. The van der Waals surface area contributed by atoms with Gasteiger partial charge in [0.2, 0.25) is 0 Å². The number of hydrogen-bond acceptors (Lipinski definition) is 7. The van der Waals surface area contributed by atoms with Crippen LogP contribution in [-0.4, -0.2) is 5.79 Å². The molecule has 0 bridgehead atoms. The van der Waals surface area contributed by atoms with E-state index in [1.54, 1.807) is 60.7 Å². The summed E-state index contributed by atoms with van der Waals surface area (Å²) in [5.74, 6) is 1.09. The molecular weight excluding hydrogens is 392 g/mol. The lowest BCUT2D eigenvalue weighted by Gasteiger charge is -2.33. The van der Waals surface area contributed by atoms with E-state index in [9.17, 15) is 0 Å². The first-order chi connectivity index (χ1) is 14.9. The fraction of sp³-hybridized carbons (Fsp3) is 0.0833. The lowest BCUT2D eigenvalue weighted by atomic mass is 10.1. The van der Waals surface area contributed by atoms with Gasteiger partial charge in [-0.25, -0.2) is 0 Å². The molecule has 0 fully saturated rings. The molecule has 3 aromatic carbocycles. The SMILES string of the molecule is Nc1cccc(OC2=CCC(Oc3cccc(N)c3)(Oc3cccc(N)c3N)C=C2)c1. The van der Waals surface area contributed by atoms with E-state index in [-0.39, 0.29) is 0 Å². The van der Waals surface area contributed by atoms with Crippen molar-refractivity contribution in [2.75, 3.05) is 22.9 Å². The second kappa shape index (κ2) is 8.23. The number of benzene rings is 3. The van der Waals surface area contributed by atoms with E-state index in [1.165, 1.54) is 0 Å². The Morgan fingerprint density at radius 1 is 0.742 bits per heavy atom. The van der Waals surface area contributed by atoms with E-state index in [0.717, 1.165) is 0 Å². The van der Waals surface area contributed by atoms with E-state index in [0.29, 0.717) is 52.2 Å². The molecule has 1 aliphatic carbocycles. The molecule has 1 aliphatic rings. The van der Waals surface area contributed by atoms with E-state index in [2.05, 4.69) is 0 Å². The lowest BCUT2D eigenvalue weighted by Crippen LogP contribution is -2.41. The number of rotatable bonds is 6. The van der Waals surface area contributed by atoms with Gasteiger partial charge in [-0.1, -0.05) is 18.2 Å². The summed E-state index contributed by atoms with van der Waals surface area (Å²) in [7, 11) is 0. The smallest absolute Gasteiger partial charge is 0.275 e. The Kier molecular flexibility index (Phi) is 5.32. The van der Waals surface area contributed by atoms with Crippen LogP contribution in [0.5, 0.6) is 17.2 Å². The Labute approximate surface area is 180 Å². The van der Waals surface area contributed by atoms with Crippen LogP contribution in [0.3, 0.4) is 0 Å². The summed E-state index contributed by atoms with van der Waals surface area (Å²) >= 11 is 0. The Balaban J connectivity index is 1.61. The first-order valence-corrected chi connectivity index (χ1v) is 9.73. The van der Waals surface area contributed by atoms with E-state index >= 15 is 0 Å². The van der Waals surface area contributed by atoms with Gasteiger partial charge in [-0.15, -0.1) is 0 Å². The van der Waals surface area contributed by atoms with Gasteiger partial charge in [-0.05, 0) is 48.6 Å². The molecule has 1 atom stereocenters. The van der Waals surface area contributed by atoms with E-state index in [4.69, 9.17) is 37.1 Å². The predicted octanol–water partition coefficient (Wildman–Crippen LogP) is 4.09. The molecule has 7 heteroatoms. The minimum atomic E-state index is -1.17. The largest absolute Gasteiger partial charge is 0.458 e. The topological polar surface area (TPSA) is 132 Å². The van der Waals surface area contributed by atoms with Crippen molar-refractivity contribution < 1.29 is 14.2 Å². The van der Waals surface area contributed by atoms with Crippen molar-refractivity contribution in [2.24, 2.45) is 0 Å². The third kappa shape index (κ3) is 4.67. The summed E-state index contributed by atoms with van der Waals surface area (Å²) in [6.07, 6.45) is 5.78. The zero-order chi connectivity index (χ0) is 21.8. The Bertz CT molecular complexity index is 1160. The van der Waals surface area contributed by atoms with Crippen LogP contribution < -0.4 is 37.1 Å². The fourth-order valence-corrected chi connectivity index (χ4v) is 3.16. The third-order valence-corrected chi connectivity index (χ3v) is 4.71. The van der Waals surface area contributed by atoms with Crippen molar-refractivity contribution in [3.05, 3.63) is 90.7 Å². The van der Waals surface area contributed by atoms with Crippen LogP contribution in [0.25, 0.3) is 0 Å². The highest BCUT2D eigenvalue weighted by Crippen LogP contribution is 2.36. The maximum atomic E-state index is 6.24. The monoisotopic (exact) mass is 416 g/mol. The molecule has 0 spiro atoms. The van der Waals surface area contributed by atoms with Gasteiger partial charge in [-0.2, -0.15) is 0 Å². The van der Waals surface area contributed by atoms with Gasteiger partial charge in [0.1, 0.15) is 23.0 Å². The van der Waals surface area contributed by atoms with Gasteiger partial charge in [0.25, 0.3) is 5.79 Å². The van der Waals surface area contributed by atoms with Crippen molar-refractivity contribution in [1.82, 2.24) is 0 Å². The second-order valence-electron chi connectivity index (χ2n) is 7.17. The van der Waals surface area contributed by atoms with Crippen molar-refractivity contribution in [3.8, 4) is 17.2 Å². The van der Waals surface area contributed by atoms with Gasteiger partial charge in [0.15, 0.2) is 0 Å². The number of para-hydroxylation sites is 1. The predicted molar refractivity (Wildman–Crippen MR) is 123 cm³/mol. The zero-order valence-electron chi connectivity index (χ0n) is 16.8. The zero-order valence-corrected chi connectivity index (χ0v) is 16.8. The van der Waals surface area contributed by atoms with Crippen LogP contribution in [0, 0.1) is 0 Å². The van der Waals surface area contributed by atoms with Crippen LogP contribution in [0.4, 0.5) is 22.7 Å².